The second kappa shape index (κ2) is 4.88. The van der Waals surface area contributed by atoms with E-state index in [1.165, 1.54) is 0 Å². The minimum absolute atomic E-state index is 0.780. The van der Waals surface area contributed by atoms with Gasteiger partial charge in [0.2, 0.25) is 0 Å². The van der Waals surface area contributed by atoms with Crippen LogP contribution < -0.4 is 0 Å². The molecule has 0 N–H and O–H groups in total. The predicted molar refractivity (Wildman–Crippen MR) is 44.5 cm³/mol. The van der Waals surface area contributed by atoms with E-state index < -0.39 is 8.56 Å². The Balaban J connectivity index is 3.87. The van der Waals surface area contributed by atoms with E-state index in [2.05, 4.69) is 19.9 Å². The minimum Gasteiger partial charge on any atom is -0.397 e. The van der Waals surface area contributed by atoms with Gasteiger partial charge in [-0.2, -0.15) is 0 Å². The van der Waals surface area contributed by atoms with E-state index in [4.69, 9.17) is 8.85 Å². The first kappa shape index (κ1) is 10.1. The smallest absolute Gasteiger partial charge is 0.340 e. The zero-order valence-corrected chi connectivity index (χ0v) is 8.02. The maximum Gasteiger partial charge on any atom is 0.340 e. The molecule has 0 unspecified atom stereocenters. The van der Waals surface area contributed by atoms with E-state index in [0.29, 0.717) is 0 Å². The van der Waals surface area contributed by atoms with Gasteiger partial charge in [0.05, 0.1) is 0 Å². The lowest BCUT2D eigenvalue weighted by atomic mass is 10.6. The molecule has 0 atom stereocenters. The van der Waals surface area contributed by atoms with Gasteiger partial charge in [0, 0.05) is 20.3 Å². The van der Waals surface area contributed by atoms with Crippen molar-refractivity contribution in [2.75, 3.05) is 14.2 Å². The first-order valence-electron chi connectivity index (χ1n) is 3.48. The maximum absolute atomic E-state index is 5.30. The van der Waals surface area contributed by atoms with Crippen molar-refractivity contribution in [3.05, 3.63) is 13.0 Å². The molecular weight excluding hydrogens is 144 g/mol. The Morgan fingerprint density at radius 2 is 1.90 bits per heavy atom. The largest absolute Gasteiger partial charge is 0.397 e. The van der Waals surface area contributed by atoms with Crippen molar-refractivity contribution in [3.63, 3.8) is 0 Å². The number of hydrogen-bond acceptors (Lipinski definition) is 2. The second-order valence-corrected chi connectivity index (χ2v) is 5.62. The van der Waals surface area contributed by atoms with Crippen molar-refractivity contribution in [2.45, 2.75) is 19.4 Å². The summed E-state index contributed by atoms with van der Waals surface area (Å²) in [6, 6.07) is 3.02. The monoisotopic (exact) mass is 160 g/mol. The molecule has 0 saturated carbocycles. The SMILES string of the molecule is [CH2]C[CH][Si](CC)(OC)OC. The third-order valence-electron chi connectivity index (χ3n) is 1.64. The third-order valence-corrected chi connectivity index (χ3v) is 4.92. The van der Waals surface area contributed by atoms with Gasteiger partial charge < -0.3 is 8.85 Å². The lowest BCUT2D eigenvalue weighted by molar-refractivity contribution is 0.251. The zero-order valence-electron chi connectivity index (χ0n) is 7.02. The molecule has 10 heavy (non-hydrogen) atoms. The van der Waals surface area contributed by atoms with Gasteiger partial charge in [0.15, 0.2) is 0 Å². The van der Waals surface area contributed by atoms with Gasteiger partial charge in [-0.05, 0) is 12.5 Å². The van der Waals surface area contributed by atoms with E-state index in [1.807, 2.05) is 0 Å². The van der Waals surface area contributed by atoms with Crippen LogP contribution in [0.3, 0.4) is 0 Å². The fraction of sp³-hybridized carbons (Fsp3) is 0.714. The van der Waals surface area contributed by atoms with Gasteiger partial charge in [-0.3, -0.25) is 0 Å². The highest BCUT2D eigenvalue weighted by Crippen LogP contribution is 2.15. The molecule has 60 valence electrons. The molecule has 0 fully saturated rings. The summed E-state index contributed by atoms with van der Waals surface area (Å²) in [5.74, 6) is 0. The van der Waals surface area contributed by atoms with E-state index in [1.54, 1.807) is 14.2 Å². The van der Waals surface area contributed by atoms with Crippen molar-refractivity contribution >= 4 is 8.56 Å². The van der Waals surface area contributed by atoms with E-state index in [9.17, 15) is 0 Å². The highest BCUT2D eigenvalue weighted by atomic mass is 28.4. The molecule has 0 aromatic carbocycles. The maximum atomic E-state index is 5.30. The molecule has 0 aromatic rings. The van der Waals surface area contributed by atoms with Gasteiger partial charge in [0.1, 0.15) is 0 Å². The second-order valence-electron chi connectivity index (χ2n) is 2.07. The van der Waals surface area contributed by atoms with Crippen LogP contribution in [-0.4, -0.2) is 22.8 Å². The lowest BCUT2D eigenvalue weighted by Crippen LogP contribution is -2.40. The van der Waals surface area contributed by atoms with Crippen LogP contribution >= 0.6 is 0 Å². The molecule has 2 nitrogen and oxygen atoms in total. The Bertz CT molecular complexity index is 73.4. The highest BCUT2D eigenvalue weighted by molar-refractivity contribution is 6.71. The van der Waals surface area contributed by atoms with Gasteiger partial charge in [-0.1, -0.05) is 13.8 Å². The molecule has 0 amide bonds. The summed E-state index contributed by atoms with van der Waals surface area (Å²) >= 11 is 0. The van der Waals surface area contributed by atoms with Crippen LogP contribution in [0.15, 0.2) is 0 Å². The van der Waals surface area contributed by atoms with Crippen molar-refractivity contribution in [3.8, 4) is 0 Å². The average molecular weight is 160 g/mol. The van der Waals surface area contributed by atoms with Crippen molar-refractivity contribution in [1.29, 1.82) is 0 Å². The Kier molecular flexibility index (Phi) is 4.94. The summed E-state index contributed by atoms with van der Waals surface area (Å²) in [6.07, 6.45) is 0.780. The fourth-order valence-electron chi connectivity index (χ4n) is 0.903. The number of rotatable bonds is 5. The molecule has 0 spiro atoms. The molecular formula is C7H16O2Si. The van der Waals surface area contributed by atoms with E-state index in [0.717, 1.165) is 12.5 Å². The van der Waals surface area contributed by atoms with Gasteiger partial charge >= 0.3 is 8.56 Å². The molecule has 0 aromatic heterocycles. The Hall–Kier alpha value is 0.137. The highest BCUT2D eigenvalue weighted by Gasteiger charge is 2.31. The average Bonchev–Trinajstić information content (AvgIpc) is 2.01. The molecule has 3 heteroatoms. The molecule has 0 bridgehead atoms. The van der Waals surface area contributed by atoms with Crippen LogP contribution in [0.2, 0.25) is 6.04 Å². The predicted octanol–water partition coefficient (Wildman–Crippen LogP) is 1.71. The molecule has 0 heterocycles. The van der Waals surface area contributed by atoms with E-state index in [-0.39, 0.29) is 0 Å². The molecule has 0 saturated heterocycles. The van der Waals surface area contributed by atoms with Crippen molar-refractivity contribution < 1.29 is 8.85 Å². The first-order valence-corrected chi connectivity index (χ1v) is 5.58. The van der Waals surface area contributed by atoms with Gasteiger partial charge in [0.25, 0.3) is 0 Å². The summed E-state index contributed by atoms with van der Waals surface area (Å²) in [4.78, 5) is 0. The summed E-state index contributed by atoms with van der Waals surface area (Å²) in [6.45, 7) is 5.81. The topological polar surface area (TPSA) is 18.5 Å². The Morgan fingerprint density at radius 1 is 1.40 bits per heavy atom. The molecule has 0 aliphatic heterocycles. The van der Waals surface area contributed by atoms with E-state index >= 15 is 0 Å². The zero-order chi connectivity index (χ0) is 8.04. The van der Waals surface area contributed by atoms with Crippen molar-refractivity contribution in [2.24, 2.45) is 0 Å². The summed E-state index contributed by atoms with van der Waals surface area (Å²) in [5.41, 5.74) is 0. The quantitative estimate of drug-likeness (QED) is 0.570. The number of hydrogen-bond donors (Lipinski definition) is 0. The molecule has 0 aliphatic carbocycles. The Labute approximate surface area is 64.8 Å². The van der Waals surface area contributed by atoms with Crippen LogP contribution in [0.1, 0.15) is 13.3 Å². The normalized spacial score (nSPS) is 12.0. The van der Waals surface area contributed by atoms with Crippen molar-refractivity contribution in [1.82, 2.24) is 0 Å². The summed E-state index contributed by atoms with van der Waals surface area (Å²) in [5, 5.41) is 0. The van der Waals surface area contributed by atoms with Gasteiger partial charge in [-0.25, -0.2) is 0 Å². The fourth-order valence-corrected chi connectivity index (χ4v) is 2.71. The van der Waals surface area contributed by atoms with Crippen LogP contribution in [0.25, 0.3) is 0 Å². The van der Waals surface area contributed by atoms with Crippen LogP contribution in [0.5, 0.6) is 0 Å². The molecule has 0 rings (SSSR count). The summed E-state index contributed by atoms with van der Waals surface area (Å²) in [7, 11) is 1.49. The third kappa shape index (κ3) is 2.40. The van der Waals surface area contributed by atoms with Crippen LogP contribution in [0.4, 0.5) is 0 Å². The Morgan fingerprint density at radius 3 is 2.00 bits per heavy atom. The molecule has 0 aliphatic rings. The lowest BCUT2D eigenvalue weighted by Gasteiger charge is -2.24. The first-order chi connectivity index (χ1) is 4.74. The standard InChI is InChI=1S/C7H16O2Si/c1-5-7-10(6-2,8-3)9-4/h7H,1,5-6H2,2-4H3. The van der Waals surface area contributed by atoms with Crippen LogP contribution in [-0.2, 0) is 8.85 Å². The van der Waals surface area contributed by atoms with Gasteiger partial charge in [-0.15, -0.1) is 0 Å². The van der Waals surface area contributed by atoms with Crippen LogP contribution in [0, 0.1) is 13.0 Å². The summed E-state index contributed by atoms with van der Waals surface area (Å²) < 4.78 is 10.6. The molecule has 2 radical (unpaired) electrons. The minimum atomic E-state index is -1.90.